The molecule has 0 fully saturated rings. The molecule has 7 heteroatoms. The number of carboxylic acid groups (broad SMARTS) is 1. The molecular formula is C14H19N3O4. The summed E-state index contributed by atoms with van der Waals surface area (Å²) in [7, 11) is 0. The van der Waals surface area contributed by atoms with Crippen LogP contribution >= 0.6 is 0 Å². The summed E-state index contributed by atoms with van der Waals surface area (Å²) in [4.78, 5) is 39.5. The molecule has 2 amide bonds. The Balaban J connectivity index is 2.47. The summed E-state index contributed by atoms with van der Waals surface area (Å²) < 4.78 is 0. The lowest BCUT2D eigenvalue weighted by molar-refractivity contribution is -0.130. The highest BCUT2D eigenvalue weighted by molar-refractivity contribution is 5.95. The Labute approximate surface area is 123 Å². The van der Waals surface area contributed by atoms with Crippen molar-refractivity contribution in [1.82, 2.24) is 15.2 Å². The summed E-state index contributed by atoms with van der Waals surface area (Å²) in [6.07, 6.45) is 1.43. The fraction of sp³-hybridized carbons (Fsp3) is 0.429. The molecule has 0 aromatic carbocycles. The lowest BCUT2D eigenvalue weighted by Crippen LogP contribution is -2.34. The van der Waals surface area contributed by atoms with Gasteiger partial charge in [0.2, 0.25) is 5.91 Å². The fourth-order valence-corrected chi connectivity index (χ4v) is 1.77. The van der Waals surface area contributed by atoms with Crippen LogP contribution in [-0.2, 0) is 4.79 Å². The van der Waals surface area contributed by atoms with Crippen LogP contribution in [-0.4, -0.2) is 52.4 Å². The predicted molar refractivity (Wildman–Crippen MR) is 76.1 cm³/mol. The molecule has 2 N–H and O–H groups in total. The van der Waals surface area contributed by atoms with Crippen LogP contribution in [0.5, 0.6) is 0 Å². The van der Waals surface area contributed by atoms with Gasteiger partial charge in [-0.1, -0.05) is 0 Å². The number of amides is 2. The van der Waals surface area contributed by atoms with E-state index in [1.807, 2.05) is 13.8 Å². The average Bonchev–Trinajstić information content (AvgIpc) is 2.48. The van der Waals surface area contributed by atoms with Gasteiger partial charge in [-0.25, -0.2) is 9.78 Å². The molecule has 0 atom stereocenters. The molecule has 0 saturated carbocycles. The van der Waals surface area contributed by atoms with Gasteiger partial charge in [-0.2, -0.15) is 0 Å². The van der Waals surface area contributed by atoms with E-state index < -0.39 is 5.97 Å². The minimum atomic E-state index is -1.15. The minimum absolute atomic E-state index is 0.0142. The largest absolute Gasteiger partial charge is 0.477 e. The molecule has 0 aliphatic rings. The number of nitrogens with one attached hydrogen (secondary N) is 1. The van der Waals surface area contributed by atoms with E-state index >= 15 is 0 Å². The number of aromatic nitrogens is 1. The lowest BCUT2D eigenvalue weighted by Gasteiger charge is -2.18. The Hall–Kier alpha value is -2.44. The number of hydrogen-bond acceptors (Lipinski definition) is 4. The molecule has 7 nitrogen and oxygen atoms in total. The fourth-order valence-electron chi connectivity index (χ4n) is 1.77. The highest BCUT2D eigenvalue weighted by atomic mass is 16.4. The van der Waals surface area contributed by atoms with Crippen molar-refractivity contribution < 1.29 is 19.5 Å². The number of rotatable bonds is 7. The van der Waals surface area contributed by atoms with Crippen molar-refractivity contribution >= 4 is 17.8 Å². The van der Waals surface area contributed by atoms with Crippen molar-refractivity contribution in [2.24, 2.45) is 0 Å². The predicted octanol–water partition coefficient (Wildman–Crippen LogP) is 0.768. The van der Waals surface area contributed by atoms with Crippen molar-refractivity contribution in [3.63, 3.8) is 0 Å². The standard InChI is InChI=1S/C14H19N3O4/c1-3-17(4-2)12(18)7-8-15-13(19)10-5-6-11(14(20)21)16-9-10/h5-6,9H,3-4,7-8H2,1-2H3,(H,15,19)(H,20,21). The normalized spacial score (nSPS) is 10.0. The molecule has 1 aromatic heterocycles. The van der Waals surface area contributed by atoms with Crippen LogP contribution in [0.4, 0.5) is 0 Å². The topological polar surface area (TPSA) is 99.6 Å². The van der Waals surface area contributed by atoms with Crippen LogP contribution < -0.4 is 5.32 Å². The molecule has 0 bridgehead atoms. The first-order valence-electron chi connectivity index (χ1n) is 6.74. The van der Waals surface area contributed by atoms with Crippen molar-refractivity contribution in [2.45, 2.75) is 20.3 Å². The van der Waals surface area contributed by atoms with Crippen LogP contribution in [0.2, 0.25) is 0 Å². The van der Waals surface area contributed by atoms with Crippen molar-refractivity contribution in [3.05, 3.63) is 29.6 Å². The number of carboxylic acids is 1. The van der Waals surface area contributed by atoms with Gasteiger partial charge >= 0.3 is 5.97 Å². The second-order valence-corrected chi connectivity index (χ2v) is 4.31. The van der Waals surface area contributed by atoms with Crippen molar-refractivity contribution in [2.75, 3.05) is 19.6 Å². The first-order chi connectivity index (χ1) is 9.99. The monoisotopic (exact) mass is 293 g/mol. The summed E-state index contributed by atoms with van der Waals surface area (Å²) in [5, 5.41) is 11.3. The van der Waals surface area contributed by atoms with Crippen molar-refractivity contribution in [1.29, 1.82) is 0 Å². The molecule has 0 radical (unpaired) electrons. The van der Waals surface area contributed by atoms with E-state index in [9.17, 15) is 14.4 Å². The van der Waals surface area contributed by atoms with E-state index in [1.165, 1.54) is 18.3 Å². The highest BCUT2D eigenvalue weighted by Gasteiger charge is 2.11. The average molecular weight is 293 g/mol. The molecule has 1 heterocycles. The number of nitrogens with zero attached hydrogens (tertiary/aromatic N) is 2. The van der Waals surface area contributed by atoms with E-state index in [4.69, 9.17) is 5.11 Å². The summed E-state index contributed by atoms with van der Waals surface area (Å²) in [6.45, 7) is 5.31. The zero-order valence-corrected chi connectivity index (χ0v) is 12.1. The van der Waals surface area contributed by atoms with Gasteiger partial charge in [-0.05, 0) is 26.0 Å². The smallest absolute Gasteiger partial charge is 0.354 e. The quantitative estimate of drug-likeness (QED) is 0.773. The Bertz CT molecular complexity index is 509. The first kappa shape index (κ1) is 16.6. The van der Waals surface area contributed by atoms with Gasteiger partial charge in [0.1, 0.15) is 5.69 Å². The number of pyridine rings is 1. The Morgan fingerprint density at radius 3 is 2.38 bits per heavy atom. The SMILES string of the molecule is CCN(CC)C(=O)CCNC(=O)c1ccc(C(=O)O)nc1. The van der Waals surface area contributed by atoms with Gasteiger partial charge in [0.15, 0.2) is 0 Å². The number of carbonyl (C=O) groups excluding carboxylic acids is 2. The van der Waals surface area contributed by atoms with Crippen molar-refractivity contribution in [3.8, 4) is 0 Å². The molecule has 0 spiro atoms. The molecule has 0 unspecified atom stereocenters. The highest BCUT2D eigenvalue weighted by Crippen LogP contribution is 2.01. The maximum atomic E-state index is 11.8. The third kappa shape index (κ3) is 4.87. The summed E-state index contributed by atoms with van der Waals surface area (Å²) in [6, 6.07) is 2.65. The molecule has 0 aliphatic carbocycles. The van der Waals surface area contributed by atoms with Gasteiger partial charge in [-0.15, -0.1) is 0 Å². The minimum Gasteiger partial charge on any atom is -0.477 e. The van der Waals surface area contributed by atoms with E-state index in [1.54, 1.807) is 4.90 Å². The lowest BCUT2D eigenvalue weighted by atomic mass is 10.2. The number of aromatic carboxylic acids is 1. The van der Waals surface area contributed by atoms with Crippen LogP contribution in [0, 0.1) is 0 Å². The molecule has 1 rings (SSSR count). The van der Waals surface area contributed by atoms with Gasteiger partial charge in [0.05, 0.1) is 5.56 Å². The van der Waals surface area contributed by atoms with E-state index in [0.29, 0.717) is 13.1 Å². The molecule has 114 valence electrons. The second kappa shape index (κ2) is 7.98. The van der Waals surface area contributed by atoms with E-state index in [-0.39, 0.29) is 36.0 Å². The zero-order valence-electron chi connectivity index (χ0n) is 12.1. The van der Waals surface area contributed by atoms with Crippen LogP contribution in [0.25, 0.3) is 0 Å². The third-order valence-corrected chi connectivity index (χ3v) is 2.99. The summed E-state index contributed by atoms with van der Waals surface area (Å²) in [5.41, 5.74) is 0.138. The molecule has 1 aromatic rings. The van der Waals surface area contributed by atoms with Crippen LogP contribution in [0.3, 0.4) is 0 Å². The van der Waals surface area contributed by atoms with Gasteiger partial charge < -0.3 is 15.3 Å². The zero-order chi connectivity index (χ0) is 15.8. The molecule has 0 saturated heterocycles. The summed E-state index contributed by atoms with van der Waals surface area (Å²) in [5.74, 6) is -1.54. The third-order valence-electron chi connectivity index (χ3n) is 2.99. The Morgan fingerprint density at radius 2 is 1.90 bits per heavy atom. The summed E-state index contributed by atoms with van der Waals surface area (Å²) >= 11 is 0. The van der Waals surface area contributed by atoms with E-state index in [0.717, 1.165) is 0 Å². The molecule has 21 heavy (non-hydrogen) atoms. The maximum Gasteiger partial charge on any atom is 0.354 e. The number of hydrogen-bond donors (Lipinski definition) is 2. The van der Waals surface area contributed by atoms with Crippen LogP contribution in [0.1, 0.15) is 41.1 Å². The van der Waals surface area contributed by atoms with Gasteiger partial charge in [0, 0.05) is 32.3 Å². The van der Waals surface area contributed by atoms with Gasteiger partial charge in [-0.3, -0.25) is 9.59 Å². The number of carbonyl (C=O) groups is 3. The first-order valence-corrected chi connectivity index (χ1v) is 6.74. The second-order valence-electron chi connectivity index (χ2n) is 4.31. The molecule has 0 aliphatic heterocycles. The Morgan fingerprint density at radius 1 is 1.24 bits per heavy atom. The molecular weight excluding hydrogens is 274 g/mol. The Kier molecular flexibility index (Phi) is 6.32. The van der Waals surface area contributed by atoms with E-state index in [2.05, 4.69) is 10.3 Å². The van der Waals surface area contributed by atoms with Crippen LogP contribution in [0.15, 0.2) is 18.3 Å². The van der Waals surface area contributed by atoms with Gasteiger partial charge in [0.25, 0.3) is 5.91 Å². The maximum absolute atomic E-state index is 11.8.